The lowest BCUT2D eigenvalue weighted by molar-refractivity contribution is 0.0953. The number of hydrogen-bond acceptors (Lipinski definition) is 3. The van der Waals surface area contributed by atoms with Gasteiger partial charge in [-0.1, -0.05) is 5.57 Å². The summed E-state index contributed by atoms with van der Waals surface area (Å²) in [4.78, 5) is 11.8. The average Bonchev–Trinajstić information content (AvgIpc) is 2.81. The molecule has 4 nitrogen and oxygen atoms in total. The predicted octanol–water partition coefficient (Wildman–Crippen LogP) is 2.72. The average molecular weight is 232 g/mol. The molecule has 0 bridgehead atoms. The van der Waals surface area contributed by atoms with Gasteiger partial charge in [0.1, 0.15) is 11.5 Å². The molecule has 0 saturated heterocycles. The molecule has 0 saturated carbocycles. The first-order valence-electron chi connectivity index (χ1n) is 5.67. The van der Waals surface area contributed by atoms with Gasteiger partial charge in [0, 0.05) is 0 Å². The maximum absolute atomic E-state index is 11.8. The number of carbonyl (C=O) groups excluding carboxylic acids is 1. The number of allylic oxidation sites excluding steroid dienone is 2. The summed E-state index contributed by atoms with van der Waals surface area (Å²) >= 11 is 0. The Morgan fingerprint density at radius 1 is 1.35 bits per heavy atom. The molecule has 2 rings (SSSR count). The molecule has 1 aromatic rings. The van der Waals surface area contributed by atoms with E-state index in [-0.39, 0.29) is 5.91 Å². The first-order chi connectivity index (χ1) is 8.06. The Morgan fingerprint density at radius 2 is 2.12 bits per heavy atom. The van der Waals surface area contributed by atoms with Crippen LogP contribution < -0.4 is 5.43 Å². The number of hydrogen-bond donors (Lipinski definition) is 1. The Morgan fingerprint density at radius 3 is 2.65 bits per heavy atom. The molecule has 1 amide bonds. The molecule has 1 N–H and O–H groups in total. The third-order valence-electron chi connectivity index (χ3n) is 2.78. The minimum Gasteiger partial charge on any atom is -0.466 e. The van der Waals surface area contributed by atoms with Crippen LogP contribution in [0.25, 0.3) is 0 Å². The summed E-state index contributed by atoms with van der Waals surface area (Å²) in [6.07, 6.45) is 3.93. The number of aryl methyl sites for hydroxylation is 2. The van der Waals surface area contributed by atoms with E-state index in [9.17, 15) is 4.79 Å². The lowest BCUT2D eigenvalue weighted by Gasteiger charge is -1.98. The van der Waals surface area contributed by atoms with Crippen molar-refractivity contribution in [3.05, 3.63) is 34.8 Å². The van der Waals surface area contributed by atoms with Crippen LogP contribution in [-0.2, 0) is 0 Å². The van der Waals surface area contributed by atoms with E-state index in [0.29, 0.717) is 11.3 Å². The lowest BCUT2D eigenvalue weighted by Crippen LogP contribution is -2.19. The zero-order valence-corrected chi connectivity index (χ0v) is 10.3. The molecule has 90 valence electrons. The molecule has 0 aromatic carbocycles. The second-order valence-electron chi connectivity index (χ2n) is 4.36. The monoisotopic (exact) mass is 232 g/mol. The fourth-order valence-electron chi connectivity index (χ4n) is 1.88. The van der Waals surface area contributed by atoms with Crippen LogP contribution in [0.4, 0.5) is 0 Å². The van der Waals surface area contributed by atoms with Crippen LogP contribution >= 0.6 is 0 Å². The standard InChI is InChI=1S/C13H16N2O2/c1-8-4-5-11(6-8)14-15-13(16)12-7-9(2)17-10(12)3/h6-7H,4-5H2,1-3H3,(H,15,16)/b14-11+. The third kappa shape index (κ3) is 2.64. The number of carbonyl (C=O) groups is 1. The van der Waals surface area contributed by atoms with E-state index in [4.69, 9.17) is 4.42 Å². The number of furan rings is 1. The maximum atomic E-state index is 11.8. The van der Waals surface area contributed by atoms with Gasteiger partial charge in [0.05, 0.1) is 11.3 Å². The van der Waals surface area contributed by atoms with Gasteiger partial charge in [0.2, 0.25) is 0 Å². The first kappa shape index (κ1) is 11.6. The normalized spacial score (nSPS) is 17.4. The minimum absolute atomic E-state index is 0.218. The van der Waals surface area contributed by atoms with Gasteiger partial charge in [0.25, 0.3) is 5.91 Å². The topological polar surface area (TPSA) is 54.6 Å². The molecular weight excluding hydrogens is 216 g/mol. The van der Waals surface area contributed by atoms with Gasteiger partial charge in [-0.3, -0.25) is 4.79 Å². The van der Waals surface area contributed by atoms with Crippen molar-refractivity contribution in [2.75, 3.05) is 0 Å². The van der Waals surface area contributed by atoms with Crippen molar-refractivity contribution >= 4 is 11.6 Å². The summed E-state index contributed by atoms with van der Waals surface area (Å²) in [7, 11) is 0. The van der Waals surface area contributed by atoms with Crippen LogP contribution in [0.5, 0.6) is 0 Å². The highest BCUT2D eigenvalue weighted by Crippen LogP contribution is 2.15. The summed E-state index contributed by atoms with van der Waals surface area (Å²) in [5.74, 6) is 1.14. The Labute approximate surface area is 100 Å². The van der Waals surface area contributed by atoms with Gasteiger partial charge in [-0.2, -0.15) is 5.10 Å². The zero-order valence-electron chi connectivity index (χ0n) is 10.3. The lowest BCUT2D eigenvalue weighted by atomic mass is 10.2. The van der Waals surface area contributed by atoms with Crippen molar-refractivity contribution in [3.63, 3.8) is 0 Å². The van der Waals surface area contributed by atoms with E-state index in [1.54, 1.807) is 13.0 Å². The fraction of sp³-hybridized carbons (Fsp3) is 0.385. The van der Waals surface area contributed by atoms with E-state index < -0.39 is 0 Å². The molecule has 1 aliphatic rings. The van der Waals surface area contributed by atoms with Crippen molar-refractivity contribution in [3.8, 4) is 0 Å². The van der Waals surface area contributed by atoms with Crippen molar-refractivity contribution < 1.29 is 9.21 Å². The summed E-state index contributed by atoms with van der Waals surface area (Å²) in [6, 6.07) is 1.72. The van der Waals surface area contributed by atoms with Crippen LogP contribution in [0.1, 0.15) is 41.6 Å². The number of hydrazone groups is 1. The molecule has 17 heavy (non-hydrogen) atoms. The van der Waals surface area contributed by atoms with Crippen molar-refractivity contribution in [2.45, 2.75) is 33.6 Å². The van der Waals surface area contributed by atoms with Gasteiger partial charge in [0.15, 0.2) is 0 Å². The van der Waals surface area contributed by atoms with E-state index in [1.165, 1.54) is 5.57 Å². The van der Waals surface area contributed by atoms with E-state index in [2.05, 4.69) is 17.5 Å². The van der Waals surface area contributed by atoms with Gasteiger partial charge >= 0.3 is 0 Å². The predicted molar refractivity (Wildman–Crippen MR) is 66.1 cm³/mol. The summed E-state index contributed by atoms with van der Waals surface area (Å²) in [5.41, 5.74) is 5.33. The van der Waals surface area contributed by atoms with Gasteiger partial charge in [-0.05, 0) is 45.8 Å². The molecule has 1 heterocycles. The number of nitrogens with one attached hydrogen (secondary N) is 1. The SMILES string of the molecule is CC1=C/C(=N/NC(=O)c2cc(C)oc2C)CC1. The summed E-state index contributed by atoms with van der Waals surface area (Å²) in [6.45, 7) is 5.65. The Kier molecular flexibility index (Phi) is 3.13. The van der Waals surface area contributed by atoms with Gasteiger partial charge in [-0.25, -0.2) is 5.43 Å². The second-order valence-corrected chi connectivity index (χ2v) is 4.36. The van der Waals surface area contributed by atoms with Crippen LogP contribution in [0.3, 0.4) is 0 Å². The molecule has 0 radical (unpaired) electrons. The number of amides is 1. The molecule has 0 atom stereocenters. The van der Waals surface area contributed by atoms with Crippen molar-refractivity contribution in [1.29, 1.82) is 0 Å². The first-order valence-corrected chi connectivity index (χ1v) is 5.67. The van der Waals surface area contributed by atoms with Crippen molar-refractivity contribution in [1.82, 2.24) is 5.43 Å². The highest BCUT2D eigenvalue weighted by molar-refractivity contribution is 6.00. The highest BCUT2D eigenvalue weighted by Gasteiger charge is 2.13. The number of nitrogens with zero attached hydrogens (tertiary/aromatic N) is 1. The highest BCUT2D eigenvalue weighted by atomic mass is 16.3. The maximum Gasteiger partial charge on any atom is 0.274 e. The minimum atomic E-state index is -0.218. The van der Waals surface area contributed by atoms with Gasteiger partial charge < -0.3 is 4.42 Å². The molecule has 0 aliphatic heterocycles. The molecule has 1 aromatic heterocycles. The quantitative estimate of drug-likeness (QED) is 0.797. The molecular formula is C13H16N2O2. The van der Waals surface area contributed by atoms with E-state index >= 15 is 0 Å². The summed E-state index contributed by atoms with van der Waals surface area (Å²) < 4.78 is 5.30. The number of rotatable bonds is 2. The van der Waals surface area contributed by atoms with E-state index in [1.807, 2.05) is 13.0 Å². The summed E-state index contributed by atoms with van der Waals surface area (Å²) in [5, 5.41) is 4.10. The molecule has 4 heteroatoms. The Hall–Kier alpha value is -1.84. The zero-order chi connectivity index (χ0) is 12.4. The Balaban J connectivity index is 2.05. The molecule has 0 fully saturated rings. The third-order valence-corrected chi connectivity index (χ3v) is 2.78. The van der Waals surface area contributed by atoms with Crippen LogP contribution in [0.15, 0.2) is 27.2 Å². The fourth-order valence-corrected chi connectivity index (χ4v) is 1.88. The molecule has 0 spiro atoms. The van der Waals surface area contributed by atoms with Crippen LogP contribution in [0, 0.1) is 13.8 Å². The smallest absolute Gasteiger partial charge is 0.274 e. The van der Waals surface area contributed by atoms with Crippen molar-refractivity contribution in [2.24, 2.45) is 5.10 Å². The largest absolute Gasteiger partial charge is 0.466 e. The van der Waals surface area contributed by atoms with Crippen LogP contribution in [-0.4, -0.2) is 11.6 Å². The van der Waals surface area contributed by atoms with Gasteiger partial charge in [-0.15, -0.1) is 0 Å². The second kappa shape index (κ2) is 4.57. The van der Waals surface area contributed by atoms with Crippen LogP contribution in [0.2, 0.25) is 0 Å². The molecule has 1 aliphatic carbocycles. The molecule has 0 unspecified atom stereocenters. The Bertz CT molecular complexity index is 509. The van der Waals surface area contributed by atoms with E-state index in [0.717, 1.165) is 24.3 Å².